The third-order valence-corrected chi connectivity index (χ3v) is 6.77. The molecule has 0 amide bonds. The van der Waals surface area contributed by atoms with Crippen molar-refractivity contribution in [1.29, 1.82) is 0 Å². The molecular weight excluding hydrogens is 472 g/mol. The molecule has 38 heavy (non-hydrogen) atoms. The molecule has 4 aromatic carbocycles. The van der Waals surface area contributed by atoms with E-state index in [0.29, 0.717) is 33.3 Å². The number of pyridine rings is 1. The Hall–Kier alpha value is -5.36. The number of fused-ring (bicyclic) bond motifs is 4. The molecule has 0 saturated carbocycles. The van der Waals surface area contributed by atoms with Gasteiger partial charge in [-0.1, -0.05) is 91.0 Å². The summed E-state index contributed by atoms with van der Waals surface area (Å²) in [6.07, 6.45) is 0. The van der Waals surface area contributed by atoms with Crippen molar-refractivity contribution in [3.05, 3.63) is 142 Å². The first-order chi connectivity index (χ1) is 18.7. The van der Waals surface area contributed by atoms with Crippen LogP contribution in [0.5, 0.6) is 0 Å². The molecular formula is C32H20N4O2. The third kappa shape index (κ3) is 3.43. The highest BCUT2D eigenvalue weighted by Crippen LogP contribution is 2.26. The quantitative estimate of drug-likeness (QED) is 0.228. The lowest BCUT2D eigenvalue weighted by atomic mass is 10.1. The fourth-order valence-electron chi connectivity index (χ4n) is 4.96. The second-order valence-electron chi connectivity index (χ2n) is 9.06. The molecule has 7 rings (SSSR count). The normalized spacial score (nSPS) is 11.4. The highest BCUT2D eigenvalue weighted by Gasteiger charge is 2.19. The Balaban J connectivity index is 1.66. The van der Waals surface area contributed by atoms with Crippen LogP contribution in [0.15, 0.2) is 131 Å². The predicted octanol–water partition coefficient (Wildman–Crippen LogP) is 5.88. The standard InChI is InChI=1S/C32H20N4O2/c37-30-24-16-8-7-15-23(24)19-29-35(30)28-18-10-9-17-25(28)31(38)36(29)32-33-26(21-11-3-1-4-12-21)20-27(34-32)22-13-5-2-6-14-22/h1-20H. The molecule has 0 bridgehead atoms. The fourth-order valence-corrected chi connectivity index (χ4v) is 4.96. The summed E-state index contributed by atoms with van der Waals surface area (Å²) in [5, 5.41) is 1.72. The summed E-state index contributed by atoms with van der Waals surface area (Å²) in [4.78, 5) is 37.6. The largest absolute Gasteiger partial charge is 0.268 e. The third-order valence-electron chi connectivity index (χ3n) is 6.77. The van der Waals surface area contributed by atoms with Gasteiger partial charge in [0.05, 0.1) is 22.3 Å². The first-order valence-electron chi connectivity index (χ1n) is 12.3. The van der Waals surface area contributed by atoms with Crippen LogP contribution in [0.4, 0.5) is 0 Å². The van der Waals surface area contributed by atoms with Crippen LogP contribution in [0, 0.1) is 0 Å². The summed E-state index contributed by atoms with van der Waals surface area (Å²) >= 11 is 0. The van der Waals surface area contributed by atoms with Crippen LogP contribution in [0.3, 0.4) is 0 Å². The fraction of sp³-hybridized carbons (Fsp3) is 0. The van der Waals surface area contributed by atoms with Crippen molar-refractivity contribution in [2.24, 2.45) is 0 Å². The van der Waals surface area contributed by atoms with Gasteiger partial charge in [0, 0.05) is 16.5 Å². The van der Waals surface area contributed by atoms with Crippen molar-refractivity contribution in [3.63, 3.8) is 0 Å². The van der Waals surface area contributed by atoms with Gasteiger partial charge in [0.1, 0.15) is 5.65 Å². The van der Waals surface area contributed by atoms with Crippen molar-refractivity contribution in [1.82, 2.24) is 18.9 Å². The van der Waals surface area contributed by atoms with Crippen LogP contribution >= 0.6 is 0 Å². The lowest BCUT2D eigenvalue weighted by Gasteiger charge is -2.16. The van der Waals surface area contributed by atoms with Crippen LogP contribution in [0.1, 0.15) is 0 Å². The van der Waals surface area contributed by atoms with Gasteiger partial charge in [-0.2, -0.15) is 0 Å². The summed E-state index contributed by atoms with van der Waals surface area (Å²) in [6, 6.07) is 37.9. The van der Waals surface area contributed by atoms with Gasteiger partial charge < -0.3 is 0 Å². The molecule has 0 saturated heterocycles. The highest BCUT2D eigenvalue weighted by atomic mass is 16.1. The number of para-hydroxylation sites is 1. The molecule has 0 aliphatic carbocycles. The number of benzene rings is 4. The Kier molecular flexibility index (Phi) is 4.97. The molecule has 3 heterocycles. The molecule has 3 aromatic heterocycles. The molecule has 0 spiro atoms. The van der Waals surface area contributed by atoms with E-state index in [4.69, 9.17) is 9.97 Å². The Morgan fingerprint density at radius 1 is 0.526 bits per heavy atom. The minimum absolute atomic E-state index is 0.202. The molecule has 6 nitrogen and oxygen atoms in total. The van der Waals surface area contributed by atoms with E-state index in [2.05, 4.69) is 0 Å². The first-order valence-corrected chi connectivity index (χ1v) is 12.3. The van der Waals surface area contributed by atoms with Gasteiger partial charge in [-0.15, -0.1) is 0 Å². The molecule has 6 heteroatoms. The van der Waals surface area contributed by atoms with E-state index >= 15 is 0 Å². The zero-order chi connectivity index (χ0) is 25.6. The van der Waals surface area contributed by atoms with Crippen LogP contribution in [-0.4, -0.2) is 18.9 Å². The van der Waals surface area contributed by atoms with Gasteiger partial charge in [0.25, 0.3) is 11.1 Å². The Morgan fingerprint density at radius 3 is 1.74 bits per heavy atom. The van der Waals surface area contributed by atoms with Gasteiger partial charge >= 0.3 is 0 Å². The molecule has 7 aromatic rings. The van der Waals surface area contributed by atoms with Gasteiger partial charge in [0.2, 0.25) is 5.95 Å². The smallest absolute Gasteiger partial charge is 0.268 e. The lowest BCUT2D eigenvalue weighted by Crippen LogP contribution is -2.28. The number of nitrogens with zero attached hydrogens (tertiary/aromatic N) is 4. The average Bonchev–Trinajstić information content (AvgIpc) is 2.98. The molecule has 0 radical (unpaired) electrons. The summed E-state index contributed by atoms with van der Waals surface area (Å²) in [5.41, 5.74) is 3.60. The minimum Gasteiger partial charge on any atom is -0.268 e. The van der Waals surface area contributed by atoms with Crippen molar-refractivity contribution in [2.45, 2.75) is 0 Å². The highest BCUT2D eigenvalue weighted by molar-refractivity contribution is 5.89. The molecule has 0 unspecified atom stereocenters. The molecule has 0 atom stereocenters. The molecule has 180 valence electrons. The van der Waals surface area contributed by atoms with Crippen molar-refractivity contribution >= 4 is 27.3 Å². The molecule has 0 N–H and O–H groups in total. The molecule has 0 aliphatic heterocycles. The number of rotatable bonds is 3. The van der Waals surface area contributed by atoms with Gasteiger partial charge in [-0.25, -0.2) is 14.5 Å². The maximum Gasteiger partial charge on any atom is 0.268 e. The Labute approximate surface area is 216 Å². The van der Waals surface area contributed by atoms with E-state index in [1.165, 1.54) is 4.57 Å². The van der Waals surface area contributed by atoms with Crippen LogP contribution in [-0.2, 0) is 0 Å². The van der Waals surface area contributed by atoms with E-state index in [1.807, 2.05) is 97.1 Å². The maximum atomic E-state index is 14.1. The summed E-state index contributed by atoms with van der Waals surface area (Å²) in [6.45, 7) is 0. The number of aromatic nitrogens is 4. The second-order valence-corrected chi connectivity index (χ2v) is 9.06. The van der Waals surface area contributed by atoms with E-state index in [0.717, 1.165) is 16.5 Å². The van der Waals surface area contributed by atoms with E-state index in [-0.39, 0.29) is 17.1 Å². The SMILES string of the molecule is O=c1c2ccccc2n2c(=O)c3ccccc3cc2n1-c1nc(-c2ccccc2)cc(-c2ccccc2)n1. The lowest BCUT2D eigenvalue weighted by molar-refractivity contribution is 0.895. The monoisotopic (exact) mass is 492 g/mol. The van der Waals surface area contributed by atoms with E-state index in [9.17, 15) is 9.59 Å². The van der Waals surface area contributed by atoms with Crippen molar-refractivity contribution in [2.75, 3.05) is 0 Å². The van der Waals surface area contributed by atoms with Crippen molar-refractivity contribution in [3.8, 4) is 28.5 Å². The molecule has 0 aliphatic rings. The predicted molar refractivity (Wildman–Crippen MR) is 151 cm³/mol. The Bertz CT molecular complexity index is 2060. The van der Waals surface area contributed by atoms with Crippen molar-refractivity contribution < 1.29 is 0 Å². The summed E-state index contributed by atoms with van der Waals surface area (Å²) < 4.78 is 3.04. The number of hydrogen-bond donors (Lipinski definition) is 0. The maximum absolute atomic E-state index is 14.1. The van der Waals surface area contributed by atoms with E-state index in [1.54, 1.807) is 28.7 Å². The summed E-state index contributed by atoms with van der Waals surface area (Å²) in [7, 11) is 0. The van der Waals surface area contributed by atoms with Gasteiger partial charge in [-0.3, -0.25) is 14.0 Å². The zero-order valence-electron chi connectivity index (χ0n) is 20.2. The first kappa shape index (κ1) is 21.9. The second kappa shape index (κ2) is 8.64. The van der Waals surface area contributed by atoms with Crippen LogP contribution in [0.25, 0.3) is 55.8 Å². The van der Waals surface area contributed by atoms with Crippen LogP contribution in [0.2, 0.25) is 0 Å². The van der Waals surface area contributed by atoms with E-state index < -0.39 is 0 Å². The minimum atomic E-state index is -0.292. The summed E-state index contributed by atoms with van der Waals surface area (Å²) in [5.74, 6) is 0.202. The Morgan fingerprint density at radius 2 is 1.08 bits per heavy atom. The zero-order valence-corrected chi connectivity index (χ0v) is 20.2. The number of hydrogen-bond acceptors (Lipinski definition) is 4. The average molecular weight is 493 g/mol. The molecule has 0 fully saturated rings. The van der Waals surface area contributed by atoms with Crippen LogP contribution < -0.4 is 11.1 Å². The van der Waals surface area contributed by atoms with Gasteiger partial charge in [-0.05, 0) is 35.7 Å². The van der Waals surface area contributed by atoms with Gasteiger partial charge in [0.15, 0.2) is 0 Å². The topological polar surface area (TPSA) is 69.3 Å².